The highest BCUT2D eigenvalue weighted by Gasteiger charge is 2.28. The average Bonchev–Trinajstić information content (AvgIpc) is 2.11. The standard InChI is InChI=1S/C10H20O3S/c1-5-6-9(10(11)12)14(13)8(4)7(2)3/h7-9H,5-6H2,1-4H3,(H,11,12). The van der Waals surface area contributed by atoms with E-state index in [1.807, 2.05) is 27.7 Å². The maximum Gasteiger partial charge on any atom is 0.319 e. The zero-order valence-corrected chi connectivity index (χ0v) is 10.1. The van der Waals surface area contributed by atoms with Gasteiger partial charge in [-0.25, -0.2) is 0 Å². The normalized spacial score (nSPS) is 17.8. The van der Waals surface area contributed by atoms with Crippen LogP contribution in [0.15, 0.2) is 0 Å². The number of carboxylic acids is 1. The predicted molar refractivity (Wildman–Crippen MR) is 58.8 cm³/mol. The van der Waals surface area contributed by atoms with Gasteiger partial charge in [-0.3, -0.25) is 9.00 Å². The molecule has 4 heteroatoms. The minimum absolute atomic E-state index is 0.0531. The SMILES string of the molecule is CCCC(C(=O)O)S(=O)C(C)C(C)C. The van der Waals surface area contributed by atoms with E-state index >= 15 is 0 Å². The van der Waals surface area contributed by atoms with Gasteiger partial charge in [0.05, 0.1) is 0 Å². The molecule has 0 aromatic carbocycles. The quantitative estimate of drug-likeness (QED) is 0.745. The Balaban J connectivity index is 4.51. The van der Waals surface area contributed by atoms with E-state index in [0.717, 1.165) is 6.42 Å². The molecular formula is C10H20O3S. The minimum Gasteiger partial charge on any atom is -0.480 e. The van der Waals surface area contributed by atoms with Crippen LogP contribution >= 0.6 is 0 Å². The van der Waals surface area contributed by atoms with Gasteiger partial charge in [0, 0.05) is 16.0 Å². The number of hydrogen-bond acceptors (Lipinski definition) is 2. The molecule has 0 fully saturated rings. The van der Waals surface area contributed by atoms with Gasteiger partial charge in [0.15, 0.2) is 0 Å². The molecule has 0 heterocycles. The molecule has 0 saturated heterocycles. The van der Waals surface area contributed by atoms with Crippen molar-refractivity contribution in [2.45, 2.75) is 51.0 Å². The molecular weight excluding hydrogens is 200 g/mol. The fourth-order valence-corrected chi connectivity index (χ4v) is 2.85. The van der Waals surface area contributed by atoms with E-state index in [2.05, 4.69) is 0 Å². The van der Waals surface area contributed by atoms with E-state index in [1.165, 1.54) is 0 Å². The van der Waals surface area contributed by atoms with Crippen LogP contribution in [-0.2, 0) is 15.6 Å². The lowest BCUT2D eigenvalue weighted by atomic mass is 10.2. The summed E-state index contributed by atoms with van der Waals surface area (Å²) in [6.45, 7) is 7.69. The molecule has 0 amide bonds. The summed E-state index contributed by atoms with van der Waals surface area (Å²) in [5.74, 6) is -0.674. The second-order valence-electron chi connectivity index (χ2n) is 3.89. The number of rotatable bonds is 6. The van der Waals surface area contributed by atoms with Crippen LogP contribution in [0.3, 0.4) is 0 Å². The first kappa shape index (κ1) is 13.6. The van der Waals surface area contributed by atoms with Gasteiger partial charge in [0.1, 0.15) is 5.25 Å². The summed E-state index contributed by atoms with van der Waals surface area (Å²) in [5, 5.41) is 8.16. The predicted octanol–water partition coefficient (Wildman–Crippen LogP) is 2.03. The van der Waals surface area contributed by atoms with Gasteiger partial charge in [0.2, 0.25) is 0 Å². The van der Waals surface area contributed by atoms with Gasteiger partial charge in [-0.1, -0.05) is 34.1 Å². The third-order valence-corrected chi connectivity index (χ3v) is 4.69. The molecule has 0 saturated carbocycles. The molecule has 0 radical (unpaired) electrons. The van der Waals surface area contributed by atoms with Crippen LogP contribution in [0.25, 0.3) is 0 Å². The summed E-state index contributed by atoms with van der Waals surface area (Å²) in [4.78, 5) is 10.9. The first-order chi connectivity index (χ1) is 6.41. The lowest BCUT2D eigenvalue weighted by Crippen LogP contribution is -2.33. The van der Waals surface area contributed by atoms with Crippen molar-refractivity contribution >= 4 is 16.8 Å². The molecule has 0 aromatic rings. The van der Waals surface area contributed by atoms with Crippen molar-refractivity contribution in [2.75, 3.05) is 0 Å². The van der Waals surface area contributed by atoms with Gasteiger partial charge < -0.3 is 5.11 Å². The zero-order valence-electron chi connectivity index (χ0n) is 9.32. The second kappa shape index (κ2) is 6.17. The third kappa shape index (κ3) is 3.78. The molecule has 0 spiro atoms. The third-order valence-electron chi connectivity index (χ3n) is 2.41. The van der Waals surface area contributed by atoms with Crippen LogP contribution in [0.5, 0.6) is 0 Å². The number of aliphatic carboxylic acids is 1. The number of hydrogen-bond donors (Lipinski definition) is 1. The van der Waals surface area contributed by atoms with Crippen molar-refractivity contribution in [1.29, 1.82) is 0 Å². The maximum atomic E-state index is 11.8. The Labute approximate surface area is 88.4 Å². The Kier molecular flexibility index (Phi) is 6.00. The van der Waals surface area contributed by atoms with Crippen LogP contribution in [0, 0.1) is 5.92 Å². The average molecular weight is 220 g/mol. The molecule has 14 heavy (non-hydrogen) atoms. The lowest BCUT2D eigenvalue weighted by Gasteiger charge is -2.19. The van der Waals surface area contributed by atoms with Crippen LogP contribution in [0.2, 0.25) is 0 Å². The fourth-order valence-electron chi connectivity index (χ4n) is 1.13. The van der Waals surface area contributed by atoms with Crippen LogP contribution in [0.1, 0.15) is 40.5 Å². The summed E-state index contributed by atoms with van der Waals surface area (Å²) in [7, 11) is -1.26. The van der Waals surface area contributed by atoms with Gasteiger partial charge in [-0.15, -0.1) is 0 Å². The van der Waals surface area contributed by atoms with E-state index in [0.29, 0.717) is 6.42 Å². The molecule has 0 aliphatic heterocycles. The highest BCUT2D eigenvalue weighted by Crippen LogP contribution is 2.16. The molecule has 0 aliphatic carbocycles. The molecule has 3 unspecified atom stereocenters. The van der Waals surface area contributed by atoms with E-state index in [-0.39, 0.29) is 11.2 Å². The van der Waals surface area contributed by atoms with E-state index in [4.69, 9.17) is 5.11 Å². The van der Waals surface area contributed by atoms with Crippen LogP contribution < -0.4 is 0 Å². The Morgan fingerprint density at radius 1 is 1.36 bits per heavy atom. The van der Waals surface area contributed by atoms with Crippen molar-refractivity contribution in [3.8, 4) is 0 Å². The Bertz CT molecular complexity index is 213. The fraction of sp³-hybridized carbons (Fsp3) is 0.900. The van der Waals surface area contributed by atoms with Crippen molar-refractivity contribution < 1.29 is 14.1 Å². The van der Waals surface area contributed by atoms with Crippen molar-refractivity contribution in [3.05, 3.63) is 0 Å². The maximum absolute atomic E-state index is 11.8. The van der Waals surface area contributed by atoms with Gasteiger partial charge >= 0.3 is 5.97 Å². The Morgan fingerprint density at radius 2 is 1.86 bits per heavy atom. The van der Waals surface area contributed by atoms with Crippen LogP contribution in [0.4, 0.5) is 0 Å². The zero-order chi connectivity index (χ0) is 11.3. The summed E-state index contributed by atoms with van der Waals surface area (Å²) in [6.07, 6.45) is 1.26. The molecule has 0 bridgehead atoms. The van der Waals surface area contributed by atoms with Crippen LogP contribution in [-0.4, -0.2) is 25.8 Å². The lowest BCUT2D eigenvalue weighted by molar-refractivity contribution is -0.136. The van der Waals surface area contributed by atoms with E-state index in [1.54, 1.807) is 0 Å². The van der Waals surface area contributed by atoms with Gasteiger partial charge in [0.25, 0.3) is 0 Å². The van der Waals surface area contributed by atoms with E-state index < -0.39 is 22.0 Å². The summed E-state index contributed by atoms with van der Waals surface area (Å²) in [5.41, 5.74) is 0. The van der Waals surface area contributed by atoms with Crippen molar-refractivity contribution in [3.63, 3.8) is 0 Å². The molecule has 3 nitrogen and oxygen atoms in total. The first-order valence-electron chi connectivity index (χ1n) is 5.04. The topological polar surface area (TPSA) is 54.4 Å². The highest BCUT2D eigenvalue weighted by molar-refractivity contribution is 7.87. The monoisotopic (exact) mass is 220 g/mol. The Hall–Kier alpha value is -0.380. The molecule has 3 atom stereocenters. The number of carbonyl (C=O) groups is 1. The molecule has 0 rings (SSSR count). The minimum atomic E-state index is -1.26. The van der Waals surface area contributed by atoms with Gasteiger partial charge in [-0.05, 0) is 12.3 Å². The highest BCUT2D eigenvalue weighted by atomic mass is 32.2. The summed E-state index contributed by atoms with van der Waals surface area (Å²) in [6, 6.07) is 0. The molecule has 0 aromatic heterocycles. The summed E-state index contributed by atoms with van der Waals surface area (Å²) < 4.78 is 11.8. The van der Waals surface area contributed by atoms with Gasteiger partial charge in [-0.2, -0.15) is 0 Å². The molecule has 0 aliphatic rings. The largest absolute Gasteiger partial charge is 0.480 e. The second-order valence-corrected chi connectivity index (χ2v) is 5.86. The van der Waals surface area contributed by atoms with Crippen molar-refractivity contribution in [1.82, 2.24) is 0 Å². The summed E-state index contributed by atoms with van der Waals surface area (Å²) >= 11 is 0. The smallest absolute Gasteiger partial charge is 0.319 e. The van der Waals surface area contributed by atoms with Crippen molar-refractivity contribution in [2.24, 2.45) is 5.92 Å². The molecule has 84 valence electrons. The number of carboxylic acid groups (broad SMARTS) is 1. The Morgan fingerprint density at radius 3 is 2.14 bits per heavy atom. The first-order valence-corrected chi connectivity index (χ1v) is 6.31. The molecule has 1 N–H and O–H groups in total. The van der Waals surface area contributed by atoms with E-state index in [9.17, 15) is 9.00 Å².